The molecule has 0 spiro atoms. The zero-order valence-corrected chi connectivity index (χ0v) is 20.1. The second-order valence-electron chi connectivity index (χ2n) is 8.71. The van der Waals surface area contributed by atoms with Gasteiger partial charge < -0.3 is 9.64 Å². The molecule has 1 saturated heterocycles. The molecule has 1 amide bonds. The predicted octanol–water partition coefficient (Wildman–Crippen LogP) is 2.31. The summed E-state index contributed by atoms with van der Waals surface area (Å²) in [6.07, 6.45) is 1.12. The molecule has 0 radical (unpaired) electrons. The number of hydrogen-bond acceptors (Lipinski definition) is 6. The molecule has 1 aliphatic rings. The van der Waals surface area contributed by atoms with Crippen LogP contribution in [-0.4, -0.2) is 50.8 Å². The van der Waals surface area contributed by atoms with Gasteiger partial charge in [0.1, 0.15) is 5.82 Å². The summed E-state index contributed by atoms with van der Waals surface area (Å²) in [4.78, 5) is 53.8. The van der Waals surface area contributed by atoms with E-state index in [1.165, 1.54) is 23.1 Å². The molecule has 1 fully saturated rings. The summed E-state index contributed by atoms with van der Waals surface area (Å²) in [7, 11) is 0. The van der Waals surface area contributed by atoms with Crippen molar-refractivity contribution in [3.05, 3.63) is 92.0 Å². The van der Waals surface area contributed by atoms with Crippen LogP contribution in [0.25, 0.3) is 5.69 Å². The normalized spacial score (nSPS) is 15.5. The lowest BCUT2D eigenvalue weighted by Gasteiger charge is -2.31. The van der Waals surface area contributed by atoms with E-state index in [1.54, 1.807) is 31.2 Å². The molecule has 1 aromatic heterocycles. The van der Waals surface area contributed by atoms with Gasteiger partial charge in [-0.05, 0) is 50.5 Å². The molecule has 3 aromatic rings. The number of esters is 1. The van der Waals surface area contributed by atoms with E-state index in [2.05, 4.69) is 5.10 Å². The summed E-state index contributed by atoms with van der Waals surface area (Å²) in [5.41, 5.74) is -0.869. The van der Waals surface area contributed by atoms with Gasteiger partial charge in [-0.1, -0.05) is 30.3 Å². The Morgan fingerprint density at radius 3 is 2.64 bits per heavy atom. The van der Waals surface area contributed by atoms with Gasteiger partial charge >= 0.3 is 11.7 Å². The number of likely N-dealkylation sites (tertiary alicyclic amines) is 1. The van der Waals surface area contributed by atoms with Gasteiger partial charge in [-0.15, -0.1) is 0 Å². The Bertz CT molecular complexity index is 1410. The maximum atomic E-state index is 14.4. The molecule has 1 aliphatic heterocycles. The minimum atomic E-state index is -0.921. The van der Waals surface area contributed by atoms with E-state index in [-0.39, 0.29) is 25.3 Å². The fourth-order valence-electron chi connectivity index (χ4n) is 4.28. The minimum absolute atomic E-state index is 0.0790. The van der Waals surface area contributed by atoms with Crippen molar-refractivity contribution in [2.75, 3.05) is 19.7 Å². The van der Waals surface area contributed by atoms with Gasteiger partial charge in [-0.3, -0.25) is 19.0 Å². The van der Waals surface area contributed by atoms with Crippen LogP contribution >= 0.6 is 0 Å². The van der Waals surface area contributed by atoms with Gasteiger partial charge in [-0.2, -0.15) is 9.78 Å². The number of nitrogens with zero attached hydrogens (tertiary/aromatic N) is 4. The van der Waals surface area contributed by atoms with Gasteiger partial charge in [0.05, 0.1) is 24.8 Å². The molecule has 0 aliphatic carbocycles. The standard InChI is InChI=1S/C26H27FN4O5/c1-3-36-25(34)19-10-7-13-29(15-19)23(32)22-24(33)30(16-18-9-4-5-12-21(18)27)26(35)31(28-22)20-11-6-8-17(2)14-20/h4-6,8-9,11-12,14,19H,3,7,10,13,15-16H2,1-2H3. The Kier molecular flexibility index (Phi) is 7.42. The van der Waals surface area contributed by atoms with E-state index in [1.807, 2.05) is 13.0 Å². The molecule has 2 aromatic carbocycles. The number of piperidine rings is 1. The van der Waals surface area contributed by atoms with Gasteiger partial charge in [0.15, 0.2) is 0 Å². The van der Waals surface area contributed by atoms with Gasteiger partial charge in [-0.25, -0.2) is 9.18 Å². The molecular formula is C26H27FN4O5. The highest BCUT2D eigenvalue weighted by Gasteiger charge is 2.32. The van der Waals surface area contributed by atoms with E-state index in [9.17, 15) is 23.6 Å². The Morgan fingerprint density at radius 1 is 1.14 bits per heavy atom. The summed E-state index contributed by atoms with van der Waals surface area (Å²) in [6.45, 7) is 3.80. The lowest BCUT2D eigenvalue weighted by molar-refractivity contribution is -0.149. The summed E-state index contributed by atoms with van der Waals surface area (Å²) < 4.78 is 21.3. The number of carbonyl (C=O) groups is 2. The quantitative estimate of drug-likeness (QED) is 0.487. The van der Waals surface area contributed by atoms with Crippen LogP contribution in [0.2, 0.25) is 0 Å². The number of ether oxygens (including phenoxy) is 1. The summed E-state index contributed by atoms with van der Waals surface area (Å²) in [5.74, 6) is -2.18. The number of amides is 1. The molecule has 0 bridgehead atoms. The van der Waals surface area contributed by atoms with Crippen molar-refractivity contribution in [2.24, 2.45) is 5.92 Å². The van der Waals surface area contributed by atoms with Crippen LogP contribution in [-0.2, 0) is 16.1 Å². The molecule has 1 atom stereocenters. The molecule has 10 heteroatoms. The first-order chi connectivity index (χ1) is 17.3. The van der Waals surface area contributed by atoms with Crippen molar-refractivity contribution in [2.45, 2.75) is 33.2 Å². The number of hydrogen-bond donors (Lipinski definition) is 0. The third kappa shape index (κ3) is 5.12. The van der Waals surface area contributed by atoms with Crippen molar-refractivity contribution in [1.82, 2.24) is 19.2 Å². The van der Waals surface area contributed by atoms with Crippen LogP contribution in [0.3, 0.4) is 0 Å². The van der Waals surface area contributed by atoms with Crippen LogP contribution in [0.4, 0.5) is 4.39 Å². The van der Waals surface area contributed by atoms with Crippen molar-refractivity contribution in [3.8, 4) is 5.69 Å². The van der Waals surface area contributed by atoms with Crippen molar-refractivity contribution in [3.63, 3.8) is 0 Å². The van der Waals surface area contributed by atoms with Gasteiger partial charge in [0, 0.05) is 18.7 Å². The molecule has 0 saturated carbocycles. The van der Waals surface area contributed by atoms with Crippen molar-refractivity contribution in [1.29, 1.82) is 0 Å². The summed E-state index contributed by atoms with van der Waals surface area (Å²) >= 11 is 0. The largest absolute Gasteiger partial charge is 0.466 e. The number of benzene rings is 2. The minimum Gasteiger partial charge on any atom is -0.466 e. The Hall–Kier alpha value is -4.08. The van der Waals surface area contributed by atoms with E-state index in [4.69, 9.17) is 4.74 Å². The van der Waals surface area contributed by atoms with E-state index in [0.29, 0.717) is 25.1 Å². The molecule has 9 nitrogen and oxygen atoms in total. The zero-order valence-electron chi connectivity index (χ0n) is 20.1. The smallest absolute Gasteiger partial charge is 0.352 e. The first-order valence-electron chi connectivity index (χ1n) is 11.8. The first-order valence-corrected chi connectivity index (χ1v) is 11.8. The third-order valence-corrected chi connectivity index (χ3v) is 6.12. The van der Waals surface area contributed by atoms with Crippen molar-refractivity contribution < 1.29 is 18.7 Å². The summed E-state index contributed by atoms with van der Waals surface area (Å²) in [6, 6.07) is 12.7. The maximum Gasteiger partial charge on any atom is 0.352 e. The average molecular weight is 495 g/mol. The lowest BCUT2D eigenvalue weighted by atomic mass is 9.98. The molecule has 4 rings (SSSR count). The third-order valence-electron chi connectivity index (χ3n) is 6.12. The topological polar surface area (TPSA) is 104 Å². The first kappa shape index (κ1) is 25.0. The zero-order chi connectivity index (χ0) is 25.8. The highest BCUT2D eigenvalue weighted by atomic mass is 19.1. The fourth-order valence-corrected chi connectivity index (χ4v) is 4.28. The second kappa shape index (κ2) is 10.7. The number of carbonyl (C=O) groups excluding carboxylic acids is 2. The fraction of sp³-hybridized carbons (Fsp3) is 0.346. The van der Waals surface area contributed by atoms with Crippen LogP contribution in [0.1, 0.15) is 41.4 Å². The SMILES string of the molecule is CCOC(=O)C1CCCN(C(=O)c2nn(-c3cccc(C)c3)c(=O)n(Cc3ccccc3F)c2=O)C1. The van der Waals surface area contributed by atoms with E-state index >= 15 is 0 Å². The monoisotopic (exact) mass is 494 g/mol. The number of halogens is 1. The second-order valence-corrected chi connectivity index (χ2v) is 8.71. The number of rotatable bonds is 6. The molecule has 36 heavy (non-hydrogen) atoms. The van der Waals surface area contributed by atoms with Gasteiger partial charge in [0.25, 0.3) is 11.5 Å². The molecule has 0 N–H and O–H groups in total. The molecule has 1 unspecified atom stereocenters. The highest BCUT2D eigenvalue weighted by molar-refractivity contribution is 5.92. The number of aryl methyl sites for hydroxylation is 1. The average Bonchev–Trinajstić information content (AvgIpc) is 2.87. The van der Waals surface area contributed by atoms with E-state index in [0.717, 1.165) is 14.8 Å². The molecule has 2 heterocycles. The molecular weight excluding hydrogens is 467 g/mol. The van der Waals surface area contributed by atoms with Crippen LogP contribution < -0.4 is 11.2 Å². The van der Waals surface area contributed by atoms with Crippen LogP contribution in [0.5, 0.6) is 0 Å². The Morgan fingerprint density at radius 2 is 1.92 bits per heavy atom. The lowest BCUT2D eigenvalue weighted by Crippen LogP contribution is -2.49. The predicted molar refractivity (Wildman–Crippen MR) is 130 cm³/mol. The maximum absolute atomic E-state index is 14.4. The summed E-state index contributed by atoms with van der Waals surface area (Å²) in [5, 5.41) is 4.16. The van der Waals surface area contributed by atoms with Crippen LogP contribution in [0, 0.1) is 18.7 Å². The Balaban J connectivity index is 1.80. The van der Waals surface area contributed by atoms with Gasteiger partial charge in [0.2, 0.25) is 5.69 Å². The number of aromatic nitrogens is 3. The van der Waals surface area contributed by atoms with E-state index < -0.39 is 40.6 Å². The van der Waals surface area contributed by atoms with Crippen molar-refractivity contribution >= 4 is 11.9 Å². The Labute approximate surface area is 206 Å². The molecule has 188 valence electrons. The van der Waals surface area contributed by atoms with Crippen LogP contribution in [0.15, 0.2) is 58.1 Å². The highest BCUT2D eigenvalue weighted by Crippen LogP contribution is 2.19.